The van der Waals surface area contributed by atoms with Crippen LogP contribution in [0.3, 0.4) is 0 Å². The van der Waals surface area contributed by atoms with E-state index in [0.29, 0.717) is 24.2 Å². The summed E-state index contributed by atoms with van der Waals surface area (Å²) in [5.74, 6) is 0. The van der Waals surface area contributed by atoms with E-state index in [1.807, 2.05) is 0 Å². The van der Waals surface area contributed by atoms with Crippen LogP contribution in [0, 0.1) is 10.1 Å². The molecule has 2 N–H and O–H groups in total. The molecule has 0 aromatic heterocycles. The fourth-order valence-corrected chi connectivity index (χ4v) is 2.74. The monoisotopic (exact) mass is 344 g/mol. The number of benzene rings is 1. The van der Waals surface area contributed by atoms with Crippen molar-refractivity contribution in [2.24, 2.45) is 0 Å². The van der Waals surface area contributed by atoms with Crippen LogP contribution in [0.5, 0.6) is 0 Å². The van der Waals surface area contributed by atoms with Crippen molar-refractivity contribution in [1.82, 2.24) is 5.32 Å². The minimum Gasteiger partial charge on any atom is -0.394 e. The van der Waals surface area contributed by atoms with E-state index in [9.17, 15) is 15.2 Å². The van der Waals surface area contributed by atoms with Crippen LogP contribution in [-0.4, -0.2) is 35.4 Å². The highest BCUT2D eigenvalue weighted by Gasteiger charge is 2.31. The predicted octanol–water partition coefficient (Wildman–Crippen LogP) is 1.99. The lowest BCUT2D eigenvalue weighted by Crippen LogP contribution is -2.51. The molecule has 1 aromatic carbocycles. The number of rotatable bonds is 5. The molecule has 1 fully saturated rings. The molecule has 20 heavy (non-hydrogen) atoms. The van der Waals surface area contributed by atoms with Crippen LogP contribution >= 0.6 is 15.9 Å². The summed E-state index contributed by atoms with van der Waals surface area (Å²) < 4.78 is 6.00. The van der Waals surface area contributed by atoms with Crippen LogP contribution in [0.25, 0.3) is 0 Å². The zero-order valence-electron chi connectivity index (χ0n) is 11.0. The van der Waals surface area contributed by atoms with Gasteiger partial charge in [0.2, 0.25) is 0 Å². The van der Waals surface area contributed by atoms with Crippen molar-refractivity contribution in [2.45, 2.75) is 24.9 Å². The van der Waals surface area contributed by atoms with Gasteiger partial charge in [-0.1, -0.05) is 15.9 Å². The number of hydrogen-bond donors (Lipinski definition) is 2. The average molecular weight is 345 g/mol. The molecule has 0 saturated carbocycles. The molecule has 1 aromatic rings. The highest BCUT2D eigenvalue weighted by atomic mass is 79.9. The molecule has 0 bridgehead atoms. The van der Waals surface area contributed by atoms with Crippen molar-refractivity contribution in [1.29, 1.82) is 0 Å². The molecular formula is C13H17BrN2O4. The van der Waals surface area contributed by atoms with E-state index in [2.05, 4.69) is 21.2 Å². The first-order valence-corrected chi connectivity index (χ1v) is 7.22. The van der Waals surface area contributed by atoms with Gasteiger partial charge in [0.25, 0.3) is 5.69 Å². The standard InChI is InChI=1S/C13H17BrN2O4/c14-12-7-11(16(18)19)2-1-10(12)8-15-13(9-17)3-5-20-6-4-13/h1-2,7,15,17H,3-6,8-9H2. The van der Waals surface area contributed by atoms with Crippen LogP contribution in [0.1, 0.15) is 18.4 Å². The number of nitrogens with one attached hydrogen (secondary N) is 1. The smallest absolute Gasteiger partial charge is 0.270 e. The largest absolute Gasteiger partial charge is 0.394 e. The fraction of sp³-hybridized carbons (Fsp3) is 0.538. The van der Waals surface area contributed by atoms with Gasteiger partial charge in [0, 0.05) is 41.9 Å². The lowest BCUT2D eigenvalue weighted by atomic mass is 9.90. The maximum atomic E-state index is 10.7. The van der Waals surface area contributed by atoms with Gasteiger partial charge >= 0.3 is 0 Å². The van der Waals surface area contributed by atoms with Gasteiger partial charge in [0.05, 0.1) is 11.5 Å². The lowest BCUT2D eigenvalue weighted by Gasteiger charge is -2.36. The van der Waals surface area contributed by atoms with Crippen LogP contribution < -0.4 is 5.32 Å². The number of hydrogen-bond acceptors (Lipinski definition) is 5. The minimum atomic E-state index is -0.421. The molecule has 1 aliphatic rings. The van der Waals surface area contributed by atoms with E-state index in [1.54, 1.807) is 6.07 Å². The number of halogens is 1. The number of nitrogens with zero attached hydrogens (tertiary/aromatic N) is 1. The molecule has 0 atom stereocenters. The van der Waals surface area contributed by atoms with Gasteiger partial charge in [-0.15, -0.1) is 0 Å². The predicted molar refractivity (Wildman–Crippen MR) is 77.5 cm³/mol. The van der Waals surface area contributed by atoms with Gasteiger partial charge in [0.1, 0.15) is 0 Å². The van der Waals surface area contributed by atoms with E-state index in [4.69, 9.17) is 4.74 Å². The van der Waals surface area contributed by atoms with Crippen molar-refractivity contribution in [3.05, 3.63) is 38.3 Å². The van der Waals surface area contributed by atoms with Crippen LogP contribution in [0.4, 0.5) is 5.69 Å². The summed E-state index contributed by atoms with van der Waals surface area (Å²) in [7, 11) is 0. The third-order valence-electron chi connectivity index (χ3n) is 3.65. The zero-order chi connectivity index (χ0) is 14.6. The Morgan fingerprint density at radius 3 is 2.70 bits per heavy atom. The SMILES string of the molecule is O=[N+]([O-])c1ccc(CNC2(CO)CCOCC2)c(Br)c1. The molecule has 1 saturated heterocycles. The Labute approximate surface area is 125 Å². The van der Waals surface area contributed by atoms with Gasteiger partial charge in [-0.25, -0.2) is 0 Å². The first-order chi connectivity index (χ1) is 9.56. The second-order valence-corrected chi connectivity index (χ2v) is 5.79. The Bertz CT molecular complexity index is 489. The van der Waals surface area contributed by atoms with Crippen molar-refractivity contribution >= 4 is 21.6 Å². The van der Waals surface area contributed by atoms with E-state index < -0.39 is 4.92 Å². The summed E-state index contributed by atoms with van der Waals surface area (Å²) in [5, 5.41) is 23.6. The van der Waals surface area contributed by atoms with Crippen molar-refractivity contribution < 1.29 is 14.8 Å². The normalized spacial score (nSPS) is 17.9. The number of nitro groups is 1. The number of aliphatic hydroxyl groups excluding tert-OH is 1. The Morgan fingerprint density at radius 1 is 1.45 bits per heavy atom. The van der Waals surface area contributed by atoms with E-state index in [1.165, 1.54) is 12.1 Å². The Balaban J connectivity index is 2.04. The molecule has 0 spiro atoms. The highest BCUT2D eigenvalue weighted by molar-refractivity contribution is 9.10. The molecule has 1 heterocycles. The van der Waals surface area contributed by atoms with Crippen LogP contribution in [0.2, 0.25) is 0 Å². The topological polar surface area (TPSA) is 84.6 Å². The van der Waals surface area contributed by atoms with Crippen molar-refractivity contribution in [2.75, 3.05) is 19.8 Å². The maximum absolute atomic E-state index is 10.7. The van der Waals surface area contributed by atoms with E-state index in [0.717, 1.165) is 18.4 Å². The third-order valence-corrected chi connectivity index (χ3v) is 4.39. The van der Waals surface area contributed by atoms with Crippen molar-refractivity contribution in [3.8, 4) is 0 Å². The van der Waals surface area contributed by atoms with Crippen LogP contribution in [0.15, 0.2) is 22.7 Å². The number of aliphatic hydroxyl groups is 1. The van der Waals surface area contributed by atoms with Gasteiger partial charge in [-0.3, -0.25) is 10.1 Å². The molecular weight excluding hydrogens is 328 g/mol. The second-order valence-electron chi connectivity index (χ2n) is 4.94. The summed E-state index contributed by atoms with van der Waals surface area (Å²) in [5.41, 5.74) is 0.665. The van der Waals surface area contributed by atoms with E-state index in [-0.39, 0.29) is 17.8 Å². The molecule has 0 radical (unpaired) electrons. The summed E-state index contributed by atoms with van der Waals surface area (Å²) >= 11 is 3.35. The summed E-state index contributed by atoms with van der Waals surface area (Å²) in [4.78, 5) is 10.3. The number of non-ortho nitro benzene ring substituents is 1. The second kappa shape index (κ2) is 6.62. The van der Waals surface area contributed by atoms with Gasteiger partial charge < -0.3 is 15.2 Å². The third kappa shape index (κ3) is 3.54. The molecule has 0 amide bonds. The van der Waals surface area contributed by atoms with Gasteiger partial charge in [-0.2, -0.15) is 0 Å². The zero-order valence-corrected chi connectivity index (χ0v) is 12.6. The molecule has 6 nitrogen and oxygen atoms in total. The molecule has 7 heteroatoms. The Morgan fingerprint density at radius 2 is 2.15 bits per heavy atom. The average Bonchev–Trinajstić information content (AvgIpc) is 2.47. The first kappa shape index (κ1) is 15.4. The van der Waals surface area contributed by atoms with Crippen molar-refractivity contribution in [3.63, 3.8) is 0 Å². The highest BCUT2D eigenvalue weighted by Crippen LogP contribution is 2.25. The summed E-state index contributed by atoms with van der Waals surface area (Å²) in [6, 6.07) is 4.70. The molecule has 110 valence electrons. The minimum absolute atomic E-state index is 0.0565. The molecule has 0 unspecified atom stereocenters. The molecule has 0 aliphatic carbocycles. The summed E-state index contributed by atoms with van der Waals surface area (Å²) in [6.45, 7) is 1.87. The number of nitro benzene ring substituents is 1. The van der Waals surface area contributed by atoms with Crippen LogP contribution in [-0.2, 0) is 11.3 Å². The number of ether oxygens (including phenoxy) is 1. The Hall–Kier alpha value is -1.02. The molecule has 1 aliphatic heterocycles. The summed E-state index contributed by atoms with van der Waals surface area (Å²) in [6.07, 6.45) is 1.52. The van der Waals surface area contributed by atoms with Gasteiger partial charge in [0.15, 0.2) is 0 Å². The fourth-order valence-electron chi connectivity index (χ4n) is 2.23. The quantitative estimate of drug-likeness (QED) is 0.630. The van der Waals surface area contributed by atoms with Gasteiger partial charge in [-0.05, 0) is 24.5 Å². The maximum Gasteiger partial charge on any atom is 0.270 e. The van der Waals surface area contributed by atoms with E-state index >= 15 is 0 Å². The molecule has 2 rings (SSSR count). The Kier molecular flexibility index (Phi) is 5.09. The lowest BCUT2D eigenvalue weighted by molar-refractivity contribution is -0.384. The first-order valence-electron chi connectivity index (χ1n) is 6.43.